The molecule has 0 saturated carbocycles. The molecule has 80 valence electrons. The van der Waals surface area contributed by atoms with Crippen molar-refractivity contribution in [1.82, 2.24) is 5.32 Å². The van der Waals surface area contributed by atoms with Gasteiger partial charge in [0.2, 0.25) is 5.91 Å². The summed E-state index contributed by atoms with van der Waals surface area (Å²) in [6.45, 7) is 2.30. The Morgan fingerprint density at radius 1 is 1.64 bits per heavy atom. The van der Waals surface area contributed by atoms with Crippen LogP contribution in [0.4, 0.5) is 0 Å². The van der Waals surface area contributed by atoms with Crippen molar-refractivity contribution in [3.63, 3.8) is 0 Å². The lowest BCUT2D eigenvalue weighted by Gasteiger charge is -2.15. The summed E-state index contributed by atoms with van der Waals surface area (Å²) in [5.74, 6) is -1.31. The molecule has 0 radical (unpaired) electrons. The van der Waals surface area contributed by atoms with Gasteiger partial charge < -0.3 is 15.2 Å². The fourth-order valence-corrected chi connectivity index (χ4v) is 1.39. The second kappa shape index (κ2) is 4.95. The third kappa shape index (κ3) is 2.70. The summed E-state index contributed by atoms with van der Waals surface area (Å²) in [5, 5.41) is 11.2. The molecule has 14 heavy (non-hydrogen) atoms. The van der Waals surface area contributed by atoms with E-state index in [9.17, 15) is 9.59 Å². The highest BCUT2D eigenvalue weighted by Crippen LogP contribution is 2.12. The van der Waals surface area contributed by atoms with Crippen molar-refractivity contribution in [2.75, 3.05) is 6.61 Å². The van der Waals surface area contributed by atoms with Gasteiger partial charge in [-0.25, -0.2) is 4.79 Å². The Morgan fingerprint density at radius 2 is 2.36 bits per heavy atom. The summed E-state index contributed by atoms with van der Waals surface area (Å²) in [6.07, 6.45) is 1.47. The van der Waals surface area contributed by atoms with E-state index in [1.807, 2.05) is 0 Å². The second-order valence-electron chi connectivity index (χ2n) is 3.31. The molecule has 0 aromatic heterocycles. The molecule has 2 N–H and O–H groups in total. The number of aliphatic carboxylic acids is 1. The molecule has 1 aliphatic rings. The summed E-state index contributed by atoms with van der Waals surface area (Å²) in [7, 11) is 0. The van der Waals surface area contributed by atoms with Gasteiger partial charge in [0.25, 0.3) is 0 Å². The summed E-state index contributed by atoms with van der Waals surface area (Å²) in [4.78, 5) is 22.0. The summed E-state index contributed by atoms with van der Waals surface area (Å²) < 4.78 is 5.13. The van der Waals surface area contributed by atoms with Crippen LogP contribution in [-0.2, 0) is 14.3 Å². The number of amides is 1. The van der Waals surface area contributed by atoms with Gasteiger partial charge in [0, 0.05) is 6.61 Å². The van der Waals surface area contributed by atoms with Crippen LogP contribution >= 0.6 is 0 Å². The van der Waals surface area contributed by atoms with Gasteiger partial charge in [-0.2, -0.15) is 0 Å². The van der Waals surface area contributed by atoms with Crippen molar-refractivity contribution in [2.24, 2.45) is 0 Å². The molecule has 1 unspecified atom stereocenters. The highest BCUT2D eigenvalue weighted by atomic mass is 16.5. The van der Waals surface area contributed by atoms with Crippen molar-refractivity contribution < 1.29 is 19.4 Å². The van der Waals surface area contributed by atoms with Crippen molar-refractivity contribution >= 4 is 11.9 Å². The standard InChI is InChI=1S/C9H15NO4/c1-2-6(9(12)13)10-8(11)7-4-3-5-14-7/h6-7H,2-5H2,1H3,(H,10,11)(H,12,13)/t6?,7-/m1/s1. The molecule has 0 aromatic carbocycles. The van der Waals surface area contributed by atoms with Crippen molar-refractivity contribution in [3.05, 3.63) is 0 Å². The minimum Gasteiger partial charge on any atom is -0.480 e. The van der Waals surface area contributed by atoms with Crippen molar-refractivity contribution in [3.8, 4) is 0 Å². The molecule has 0 spiro atoms. The quantitative estimate of drug-likeness (QED) is 0.678. The van der Waals surface area contributed by atoms with Crippen LogP contribution in [0.15, 0.2) is 0 Å². The predicted octanol–water partition coefficient (Wildman–Crippen LogP) is 0.145. The summed E-state index contributed by atoms with van der Waals surface area (Å²) in [5.41, 5.74) is 0. The number of carbonyl (C=O) groups excluding carboxylic acids is 1. The van der Waals surface area contributed by atoms with E-state index in [4.69, 9.17) is 9.84 Å². The first-order valence-electron chi connectivity index (χ1n) is 4.80. The molecule has 1 fully saturated rings. The van der Waals surface area contributed by atoms with Gasteiger partial charge in [0.1, 0.15) is 12.1 Å². The Bertz CT molecular complexity index is 223. The molecule has 2 atom stereocenters. The van der Waals surface area contributed by atoms with E-state index in [1.165, 1.54) is 0 Å². The second-order valence-corrected chi connectivity index (χ2v) is 3.31. The maximum absolute atomic E-state index is 11.4. The van der Waals surface area contributed by atoms with Gasteiger partial charge in [-0.05, 0) is 19.3 Å². The average Bonchev–Trinajstić information content (AvgIpc) is 2.65. The first-order chi connectivity index (χ1) is 6.65. The van der Waals surface area contributed by atoms with Crippen molar-refractivity contribution in [2.45, 2.75) is 38.3 Å². The van der Waals surface area contributed by atoms with E-state index < -0.39 is 18.1 Å². The van der Waals surface area contributed by atoms with E-state index >= 15 is 0 Å². The molecule has 1 amide bonds. The number of carbonyl (C=O) groups is 2. The largest absolute Gasteiger partial charge is 0.480 e. The van der Waals surface area contributed by atoms with E-state index in [-0.39, 0.29) is 5.91 Å². The van der Waals surface area contributed by atoms with Crippen LogP contribution in [0.25, 0.3) is 0 Å². The zero-order chi connectivity index (χ0) is 10.6. The monoisotopic (exact) mass is 201 g/mol. The van der Waals surface area contributed by atoms with Gasteiger partial charge in [-0.1, -0.05) is 6.92 Å². The lowest BCUT2D eigenvalue weighted by Crippen LogP contribution is -2.44. The maximum atomic E-state index is 11.4. The van der Waals surface area contributed by atoms with E-state index in [1.54, 1.807) is 6.92 Å². The molecular formula is C9H15NO4. The maximum Gasteiger partial charge on any atom is 0.326 e. The average molecular weight is 201 g/mol. The molecule has 5 nitrogen and oxygen atoms in total. The number of nitrogens with one attached hydrogen (secondary N) is 1. The van der Waals surface area contributed by atoms with E-state index in [0.717, 1.165) is 6.42 Å². The van der Waals surface area contributed by atoms with Crippen LogP contribution in [0.1, 0.15) is 26.2 Å². The van der Waals surface area contributed by atoms with Crippen LogP contribution in [0.2, 0.25) is 0 Å². The third-order valence-electron chi connectivity index (χ3n) is 2.24. The van der Waals surface area contributed by atoms with Gasteiger partial charge >= 0.3 is 5.97 Å². The zero-order valence-electron chi connectivity index (χ0n) is 8.16. The van der Waals surface area contributed by atoms with Crippen LogP contribution < -0.4 is 5.32 Å². The highest BCUT2D eigenvalue weighted by Gasteiger charge is 2.27. The van der Waals surface area contributed by atoms with Crippen LogP contribution in [0.5, 0.6) is 0 Å². The first-order valence-corrected chi connectivity index (χ1v) is 4.80. The molecular weight excluding hydrogens is 186 g/mol. The van der Waals surface area contributed by atoms with Gasteiger partial charge in [0.15, 0.2) is 0 Å². The minimum atomic E-state index is -1.00. The predicted molar refractivity (Wildman–Crippen MR) is 48.8 cm³/mol. The fraction of sp³-hybridized carbons (Fsp3) is 0.778. The number of rotatable bonds is 4. The van der Waals surface area contributed by atoms with Crippen LogP contribution in [-0.4, -0.2) is 35.7 Å². The van der Waals surface area contributed by atoms with E-state index in [0.29, 0.717) is 19.4 Å². The van der Waals surface area contributed by atoms with Gasteiger partial charge in [-0.3, -0.25) is 4.79 Å². The Hall–Kier alpha value is -1.10. The van der Waals surface area contributed by atoms with Crippen molar-refractivity contribution in [1.29, 1.82) is 0 Å². The highest BCUT2D eigenvalue weighted by molar-refractivity contribution is 5.86. The molecule has 1 rings (SSSR count). The minimum absolute atomic E-state index is 0.309. The SMILES string of the molecule is CCC(NC(=O)[C@H]1CCCO1)C(=O)O. The summed E-state index contributed by atoms with van der Waals surface area (Å²) in [6, 6.07) is -0.799. The molecule has 0 aliphatic carbocycles. The number of hydrogen-bond donors (Lipinski definition) is 2. The smallest absolute Gasteiger partial charge is 0.326 e. The lowest BCUT2D eigenvalue weighted by molar-refractivity contribution is -0.143. The Balaban J connectivity index is 2.41. The Labute approximate surface area is 82.4 Å². The molecule has 0 bridgehead atoms. The van der Waals surface area contributed by atoms with Crippen LogP contribution in [0, 0.1) is 0 Å². The topological polar surface area (TPSA) is 75.6 Å². The molecule has 5 heteroatoms. The third-order valence-corrected chi connectivity index (χ3v) is 2.24. The van der Waals surface area contributed by atoms with Crippen LogP contribution in [0.3, 0.4) is 0 Å². The molecule has 1 aliphatic heterocycles. The molecule has 1 saturated heterocycles. The number of carboxylic acid groups (broad SMARTS) is 1. The first kappa shape index (κ1) is 11.0. The Morgan fingerprint density at radius 3 is 2.79 bits per heavy atom. The zero-order valence-corrected chi connectivity index (χ0v) is 8.16. The van der Waals surface area contributed by atoms with Gasteiger partial charge in [-0.15, -0.1) is 0 Å². The molecule has 0 aromatic rings. The summed E-state index contributed by atoms with van der Waals surface area (Å²) >= 11 is 0. The number of ether oxygens (including phenoxy) is 1. The van der Waals surface area contributed by atoms with Gasteiger partial charge in [0.05, 0.1) is 0 Å². The normalized spacial score (nSPS) is 23.1. The molecule has 1 heterocycles. The number of hydrogen-bond acceptors (Lipinski definition) is 3. The Kier molecular flexibility index (Phi) is 3.88. The number of carboxylic acids is 1. The fourth-order valence-electron chi connectivity index (χ4n) is 1.39. The van der Waals surface area contributed by atoms with E-state index in [2.05, 4.69) is 5.32 Å². The lowest BCUT2D eigenvalue weighted by atomic mass is 10.2.